The minimum atomic E-state index is -0.900. The number of ether oxygens (including phenoxy) is 2. The normalized spacial score (nSPS) is 49.4. The molecule has 7 unspecified atom stereocenters. The molecule has 5 rings (SSSR count). The van der Waals surface area contributed by atoms with Crippen molar-refractivity contribution in [3.63, 3.8) is 0 Å². The number of cyclic esters (lactones) is 1. The average Bonchev–Trinajstić information content (AvgIpc) is 2.97. The van der Waals surface area contributed by atoms with Crippen molar-refractivity contribution in [2.45, 2.75) is 65.4 Å². The van der Waals surface area contributed by atoms with Crippen molar-refractivity contribution in [3.8, 4) is 0 Å². The molecule has 146 valence electrons. The van der Waals surface area contributed by atoms with Gasteiger partial charge < -0.3 is 14.6 Å². The number of aliphatic hydroxyl groups is 1. The second kappa shape index (κ2) is 5.70. The van der Waals surface area contributed by atoms with Gasteiger partial charge in [0.1, 0.15) is 0 Å². The van der Waals surface area contributed by atoms with Gasteiger partial charge in [0.15, 0.2) is 0 Å². The number of rotatable bonds is 2. The Morgan fingerprint density at radius 1 is 1.27 bits per heavy atom. The van der Waals surface area contributed by atoms with Crippen LogP contribution in [0.1, 0.15) is 59.3 Å². The maximum atomic E-state index is 13.1. The van der Waals surface area contributed by atoms with E-state index in [2.05, 4.69) is 20.8 Å². The van der Waals surface area contributed by atoms with Crippen molar-refractivity contribution >= 4 is 11.9 Å². The molecule has 0 spiro atoms. The molecular formula is C21H32O5. The Kier molecular flexibility index (Phi) is 4.00. The van der Waals surface area contributed by atoms with Gasteiger partial charge in [-0.2, -0.15) is 0 Å². The lowest BCUT2D eigenvalue weighted by molar-refractivity contribution is -0.222. The van der Waals surface area contributed by atoms with Crippen LogP contribution in [0, 0.1) is 39.9 Å². The number of aliphatic hydroxyl groups excluding tert-OH is 1. The quantitative estimate of drug-likeness (QED) is 0.763. The Balaban J connectivity index is 1.85. The third-order valence-electron chi connectivity index (χ3n) is 8.66. The first-order valence-electron chi connectivity index (χ1n) is 10.1. The van der Waals surface area contributed by atoms with Gasteiger partial charge >= 0.3 is 11.9 Å². The molecular weight excluding hydrogens is 332 g/mol. The summed E-state index contributed by atoms with van der Waals surface area (Å²) in [6.45, 7) is 6.75. The molecule has 1 N–H and O–H groups in total. The molecule has 0 aromatic carbocycles. The summed E-state index contributed by atoms with van der Waals surface area (Å²) in [5.74, 6) is -0.170. The van der Waals surface area contributed by atoms with E-state index in [-0.39, 0.29) is 40.5 Å². The third-order valence-corrected chi connectivity index (χ3v) is 8.66. The number of carbonyl (C=O) groups excluding carboxylic acids is 2. The van der Waals surface area contributed by atoms with Crippen LogP contribution in [0.3, 0.4) is 0 Å². The number of esters is 2. The van der Waals surface area contributed by atoms with Crippen LogP contribution in [0.4, 0.5) is 0 Å². The van der Waals surface area contributed by atoms with Crippen molar-refractivity contribution in [1.29, 1.82) is 0 Å². The van der Waals surface area contributed by atoms with E-state index in [0.29, 0.717) is 18.9 Å². The Hall–Kier alpha value is -1.10. The molecule has 5 heteroatoms. The Labute approximate surface area is 155 Å². The molecule has 0 aromatic heterocycles. The van der Waals surface area contributed by atoms with Crippen molar-refractivity contribution in [2.75, 3.05) is 13.7 Å². The van der Waals surface area contributed by atoms with Gasteiger partial charge in [0, 0.05) is 5.41 Å². The molecule has 1 heterocycles. The molecule has 5 fully saturated rings. The highest BCUT2D eigenvalue weighted by Gasteiger charge is 2.72. The van der Waals surface area contributed by atoms with Gasteiger partial charge in [0.05, 0.1) is 31.2 Å². The zero-order chi connectivity index (χ0) is 18.9. The third kappa shape index (κ3) is 2.07. The lowest BCUT2D eigenvalue weighted by Gasteiger charge is -2.62. The fourth-order valence-corrected chi connectivity index (χ4v) is 7.50. The van der Waals surface area contributed by atoms with Gasteiger partial charge in [-0.3, -0.25) is 9.59 Å². The van der Waals surface area contributed by atoms with Gasteiger partial charge in [0.2, 0.25) is 0 Å². The van der Waals surface area contributed by atoms with Crippen LogP contribution in [-0.4, -0.2) is 36.9 Å². The van der Waals surface area contributed by atoms with Crippen LogP contribution in [-0.2, 0) is 19.1 Å². The zero-order valence-corrected chi connectivity index (χ0v) is 16.4. The summed E-state index contributed by atoms with van der Waals surface area (Å²) >= 11 is 0. The average molecular weight is 364 g/mol. The second-order valence-electron chi connectivity index (χ2n) is 10.0. The molecule has 4 aliphatic carbocycles. The van der Waals surface area contributed by atoms with E-state index in [1.54, 1.807) is 0 Å². The molecule has 4 saturated carbocycles. The van der Waals surface area contributed by atoms with Crippen molar-refractivity contribution in [2.24, 2.45) is 39.9 Å². The Morgan fingerprint density at radius 3 is 2.69 bits per heavy atom. The summed E-state index contributed by atoms with van der Waals surface area (Å²) in [7, 11) is 1.42. The largest absolute Gasteiger partial charge is 0.469 e. The van der Waals surface area contributed by atoms with Crippen molar-refractivity contribution < 1.29 is 24.2 Å². The molecule has 2 bridgehead atoms. The highest BCUT2D eigenvalue weighted by molar-refractivity contribution is 5.81. The van der Waals surface area contributed by atoms with Gasteiger partial charge in [-0.25, -0.2) is 0 Å². The zero-order valence-electron chi connectivity index (χ0n) is 16.4. The number of fused-ring (bicyclic) bond motifs is 5. The predicted octanol–water partition coefficient (Wildman–Crippen LogP) is 2.94. The Bertz CT molecular complexity index is 628. The van der Waals surface area contributed by atoms with Crippen LogP contribution in [0.25, 0.3) is 0 Å². The predicted molar refractivity (Wildman–Crippen MR) is 95.0 cm³/mol. The maximum Gasteiger partial charge on any atom is 0.314 e. The Morgan fingerprint density at radius 2 is 2.00 bits per heavy atom. The molecule has 0 radical (unpaired) electrons. The molecule has 5 aliphatic rings. The SMILES string of the molecule is COC(=O)C12CCC(CC1C13CCCC(C)(C)C1C(=O)OC3)C(C)C2O. The summed E-state index contributed by atoms with van der Waals surface area (Å²) in [5, 5.41) is 11.2. The summed E-state index contributed by atoms with van der Waals surface area (Å²) < 4.78 is 10.9. The summed E-state index contributed by atoms with van der Waals surface area (Å²) in [4.78, 5) is 25.8. The molecule has 1 aliphatic heterocycles. The minimum Gasteiger partial charge on any atom is -0.469 e. The van der Waals surface area contributed by atoms with E-state index in [4.69, 9.17) is 9.47 Å². The first-order valence-corrected chi connectivity index (χ1v) is 10.1. The first kappa shape index (κ1) is 18.3. The van der Waals surface area contributed by atoms with E-state index in [1.807, 2.05) is 0 Å². The van der Waals surface area contributed by atoms with E-state index >= 15 is 0 Å². The van der Waals surface area contributed by atoms with Gasteiger partial charge in [-0.1, -0.05) is 27.2 Å². The molecule has 26 heavy (non-hydrogen) atoms. The molecule has 0 aromatic rings. The first-order chi connectivity index (χ1) is 12.2. The second-order valence-corrected chi connectivity index (χ2v) is 10.0. The number of carbonyl (C=O) groups is 2. The fourth-order valence-electron chi connectivity index (χ4n) is 7.50. The molecule has 0 amide bonds. The van der Waals surface area contributed by atoms with Gasteiger partial charge in [0.25, 0.3) is 0 Å². The van der Waals surface area contributed by atoms with E-state index in [9.17, 15) is 14.7 Å². The molecule has 7 atom stereocenters. The van der Waals surface area contributed by atoms with Crippen LogP contribution < -0.4 is 0 Å². The molecule has 5 nitrogen and oxygen atoms in total. The topological polar surface area (TPSA) is 72.8 Å². The minimum absolute atomic E-state index is 0.0524. The van der Waals surface area contributed by atoms with Crippen LogP contribution in [0.2, 0.25) is 0 Å². The highest BCUT2D eigenvalue weighted by Crippen LogP contribution is 2.68. The summed E-state index contributed by atoms with van der Waals surface area (Å²) in [6, 6.07) is 0. The maximum absolute atomic E-state index is 13.1. The summed E-state index contributed by atoms with van der Waals surface area (Å²) in [6.07, 6.45) is 4.70. The number of hydrogen-bond donors (Lipinski definition) is 1. The standard InChI is InChI=1S/C21H32O5/c1-12-13-6-9-21(16(12)22,18(24)25-4)14(10-13)20-8-5-7-19(2,3)15(20)17(23)26-11-20/h12-16,22H,5-11H2,1-4H3. The van der Waals surface area contributed by atoms with E-state index in [0.717, 1.165) is 32.1 Å². The van der Waals surface area contributed by atoms with Crippen LogP contribution >= 0.6 is 0 Å². The number of methoxy groups -OCH3 is 1. The van der Waals surface area contributed by atoms with Crippen molar-refractivity contribution in [3.05, 3.63) is 0 Å². The smallest absolute Gasteiger partial charge is 0.314 e. The van der Waals surface area contributed by atoms with Gasteiger partial charge in [-0.15, -0.1) is 0 Å². The fraction of sp³-hybridized carbons (Fsp3) is 0.905. The van der Waals surface area contributed by atoms with Crippen LogP contribution in [0.5, 0.6) is 0 Å². The van der Waals surface area contributed by atoms with E-state index in [1.165, 1.54) is 7.11 Å². The monoisotopic (exact) mass is 364 g/mol. The molecule has 1 saturated heterocycles. The number of hydrogen-bond acceptors (Lipinski definition) is 5. The van der Waals surface area contributed by atoms with Crippen LogP contribution in [0.15, 0.2) is 0 Å². The lowest BCUT2D eigenvalue weighted by atomic mass is 9.40. The van der Waals surface area contributed by atoms with E-state index < -0.39 is 11.5 Å². The highest BCUT2D eigenvalue weighted by atomic mass is 16.5. The summed E-state index contributed by atoms with van der Waals surface area (Å²) in [5.41, 5.74) is -1.40. The van der Waals surface area contributed by atoms with Crippen molar-refractivity contribution in [1.82, 2.24) is 0 Å². The van der Waals surface area contributed by atoms with Gasteiger partial charge in [-0.05, 0) is 55.3 Å². The lowest BCUT2D eigenvalue weighted by Crippen LogP contribution is -2.66.